The molecule has 2 amide bonds. The van der Waals surface area contributed by atoms with E-state index in [0.29, 0.717) is 25.4 Å². The maximum Gasteiger partial charge on any atom is 0.228 e. The molecule has 1 aromatic carbocycles. The third kappa shape index (κ3) is 4.54. The van der Waals surface area contributed by atoms with Crippen LogP contribution in [0.5, 0.6) is 5.75 Å². The monoisotopic (exact) mass is 437 g/mol. The van der Waals surface area contributed by atoms with Gasteiger partial charge in [0.25, 0.3) is 0 Å². The van der Waals surface area contributed by atoms with Crippen LogP contribution in [0.4, 0.5) is 0 Å². The lowest BCUT2D eigenvalue weighted by Gasteiger charge is -2.44. The number of piperidine rings is 2. The third-order valence-electron chi connectivity index (χ3n) is 7.06. The number of hydrogen-bond donors (Lipinski definition) is 0. The van der Waals surface area contributed by atoms with Gasteiger partial charge in [-0.25, -0.2) is 0 Å². The number of hydrogen-bond acceptors (Lipinski definition) is 3. The SMILES string of the molecule is CCCCN1C(=O)CCC(C(=O)N2CCC(n3cccc3)CC2)C1c1ccccc1OC. The molecule has 32 heavy (non-hydrogen) atoms. The van der Waals surface area contributed by atoms with Crippen LogP contribution in [0.1, 0.15) is 63.1 Å². The summed E-state index contributed by atoms with van der Waals surface area (Å²) in [6.07, 6.45) is 9.12. The number of rotatable bonds is 7. The molecule has 0 spiro atoms. The van der Waals surface area contributed by atoms with Gasteiger partial charge in [-0.15, -0.1) is 0 Å². The van der Waals surface area contributed by atoms with E-state index in [1.165, 1.54) is 0 Å². The lowest BCUT2D eigenvalue weighted by atomic mass is 9.82. The Morgan fingerprint density at radius 2 is 1.78 bits per heavy atom. The van der Waals surface area contributed by atoms with Crippen LogP contribution in [0.25, 0.3) is 0 Å². The first kappa shape index (κ1) is 22.4. The number of carbonyl (C=O) groups excluding carboxylic acids is 2. The van der Waals surface area contributed by atoms with E-state index in [4.69, 9.17) is 4.74 Å². The van der Waals surface area contributed by atoms with Crippen LogP contribution in [0.3, 0.4) is 0 Å². The van der Waals surface area contributed by atoms with Crippen LogP contribution in [-0.2, 0) is 9.59 Å². The zero-order valence-electron chi connectivity index (χ0n) is 19.3. The fraction of sp³-hybridized carbons (Fsp3) is 0.538. The van der Waals surface area contributed by atoms with Crippen molar-refractivity contribution in [2.75, 3.05) is 26.7 Å². The van der Waals surface area contributed by atoms with E-state index in [-0.39, 0.29) is 23.8 Å². The van der Waals surface area contributed by atoms with Crippen molar-refractivity contribution < 1.29 is 14.3 Å². The lowest BCUT2D eigenvalue weighted by molar-refractivity contribution is -0.149. The second kappa shape index (κ2) is 10.2. The molecular formula is C26H35N3O3. The molecule has 2 aliphatic rings. The largest absolute Gasteiger partial charge is 0.496 e. The van der Waals surface area contributed by atoms with Gasteiger partial charge in [-0.05, 0) is 43.9 Å². The molecule has 1 aromatic heterocycles. The summed E-state index contributed by atoms with van der Waals surface area (Å²) in [5, 5.41) is 0. The fourth-order valence-electron chi connectivity index (χ4n) is 5.31. The Balaban J connectivity index is 1.57. The minimum absolute atomic E-state index is 0.143. The molecule has 2 fully saturated rings. The Kier molecular flexibility index (Phi) is 7.18. The first-order valence-electron chi connectivity index (χ1n) is 12.0. The predicted octanol–water partition coefficient (Wildman–Crippen LogP) is 4.44. The maximum absolute atomic E-state index is 13.8. The summed E-state index contributed by atoms with van der Waals surface area (Å²) in [6, 6.07) is 12.1. The Morgan fingerprint density at radius 3 is 2.47 bits per heavy atom. The summed E-state index contributed by atoms with van der Waals surface area (Å²) in [4.78, 5) is 30.7. The maximum atomic E-state index is 13.8. The predicted molar refractivity (Wildman–Crippen MR) is 124 cm³/mol. The summed E-state index contributed by atoms with van der Waals surface area (Å²) < 4.78 is 7.91. The number of ether oxygens (including phenoxy) is 1. The number of methoxy groups -OCH3 is 1. The van der Waals surface area contributed by atoms with E-state index in [1.54, 1.807) is 7.11 Å². The van der Waals surface area contributed by atoms with Crippen LogP contribution < -0.4 is 4.74 Å². The quantitative estimate of drug-likeness (QED) is 0.643. The highest BCUT2D eigenvalue weighted by molar-refractivity contribution is 5.85. The molecule has 2 unspecified atom stereocenters. The van der Waals surface area contributed by atoms with Crippen molar-refractivity contribution in [3.63, 3.8) is 0 Å². The minimum atomic E-state index is -0.270. The summed E-state index contributed by atoms with van der Waals surface area (Å²) in [5.41, 5.74) is 0.944. The number of likely N-dealkylation sites (tertiary alicyclic amines) is 2. The molecule has 4 rings (SSSR count). The van der Waals surface area contributed by atoms with Gasteiger partial charge in [-0.2, -0.15) is 0 Å². The Morgan fingerprint density at radius 1 is 1.06 bits per heavy atom. The average Bonchev–Trinajstić information content (AvgIpc) is 3.38. The number of benzene rings is 1. The second-order valence-corrected chi connectivity index (χ2v) is 8.96. The van der Waals surface area contributed by atoms with E-state index >= 15 is 0 Å². The number of unbranched alkanes of at least 4 members (excludes halogenated alkanes) is 1. The molecule has 0 bridgehead atoms. The average molecular weight is 438 g/mol. The summed E-state index contributed by atoms with van der Waals surface area (Å²) >= 11 is 0. The molecule has 2 aromatic rings. The number of nitrogens with zero attached hydrogens (tertiary/aromatic N) is 3. The normalized spacial score (nSPS) is 22.2. The van der Waals surface area contributed by atoms with Crippen LogP contribution in [0.2, 0.25) is 0 Å². The minimum Gasteiger partial charge on any atom is -0.496 e. The zero-order chi connectivity index (χ0) is 22.5. The second-order valence-electron chi connectivity index (χ2n) is 8.96. The molecule has 172 valence electrons. The van der Waals surface area contributed by atoms with Gasteiger partial charge in [-0.3, -0.25) is 9.59 Å². The van der Waals surface area contributed by atoms with Gasteiger partial charge in [-0.1, -0.05) is 31.5 Å². The molecule has 3 heterocycles. The summed E-state index contributed by atoms with van der Waals surface area (Å²) in [7, 11) is 1.66. The van der Waals surface area contributed by atoms with Crippen LogP contribution >= 0.6 is 0 Å². The molecule has 6 nitrogen and oxygen atoms in total. The topological polar surface area (TPSA) is 54.8 Å². The van der Waals surface area contributed by atoms with Crippen molar-refractivity contribution in [1.29, 1.82) is 0 Å². The molecule has 0 N–H and O–H groups in total. The van der Waals surface area contributed by atoms with Crippen molar-refractivity contribution in [3.05, 3.63) is 54.4 Å². The molecular weight excluding hydrogens is 402 g/mol. The van der Waals surface area contributed by atoms with E-state index in [1.807, 2.05) is 34.1 Å². The van der Waals surface area contributed by atoms with Crippen LogP contribution in [0.15, 0.2) is 48.8 Å². The lowest BCUT2D eigenvalue weighted by Crippen LogP contribution is -2.50. The Hall–Kier alpha value is -2.76. The standard InChI is InChI=1S/C26H35N3O3/c1-3-4-17-29-24(30)12-11-22(25(29)21-9-5-6-10-23(21)32-2)26(31)28-18-13-20(14-19-28)27-15-7-8-16-27/h5-10,15-16,20,22,25H,3-4,11-14,17-19H2,1-2H3. The smallest absolute Gasteiger partial charge is 0.228 e. The molecule has 0 aliphatic carbocycles. The van der Waals surface area contributed by atoms with Crippen molar-refractivity contribution in [3.8, 4) is 5.75 Å². The molecule has 0 radical (unpaired) electrons. The van der Waals surface area contributed by atoms with Crippen molar-refractivity contribution in [1.82, 2.24) is 14.4 Å². The Bertz CT molecular complexity index is 903. The van der Waals surface area contributed by atoms with Crippen molar-refractivity contribution in [2.45, 2.75) is 57.5 Å². The highest BCUT2D eigenvalue weighted by atomic mass is 16.5. The highest BCUT2D eigenvalue weighted by Gasteiger charge is 2.43. The first-order valence-corrected chi connectivity index (χ1v) is 12.0. The van der Waals surface area contributed by atoms with Gasteiger partial charge < -0.3 is 19.1 Å². The van der Waals surface area contributed by atoms with Gasteiger partial charge >= 0.3 is 0 Å². The van der Waals surface area contributed by atoms with Crippen LogP contribution in [-0.4, -0.2) is 52.9 Å². The molecule has 2 atom stereocenters. The van der Waals surface area contributed by atoms with Crippen LogP contribution in [0, 0.1) is 5.92 Å². The number of aromatic nitrogens is 1. The summed E-state index contributed by atoms with van der Waals surface area (Å²) in [5.74, 6) is 0.840. The zero-order valence-corrected chi connectivity index (χ0v) is 19.3. The van der Waals surface area contributed by atoms with Gasteiger partial charge in [0.05, 0.1) is 19.1 Å². The molecule has 0 saturated carbocycles. The van der Waals surface area contributed by atoms with Crippen molar-refractivity contribution >= 4 is 11.8 Å². The first-order chi connectivity index (χ1) is 15.6. The van der Waals surface area contributed by atoms with E-state index in [2.05, 4.69) is 36.0 Å². The van der Waals surface area contributed by atoms with Gasteiger partial charge in [0.2, 0.25) is 11.8 Å². The fourth-order valence-corrected chi connectivity index (χ4v) is 5.31. The summed E-state index contributed by atoms with van der Waals surface area (Å²) in [6.45, 7) is 4.33. The van der Waals surface area contributed by atoms with E-state index in [0.717, 1.165) is 50.1 Å². The van der Waals surface area contributed by atoms with Gasteiger partial charge in [0, 0.05) is 50.1 Å². The number of amides is 2. The Labute approximate surface area is 191 Å². The third-order valence-corrected chi connectivity index (χ3v) is 7.06. The van der Waals surface area contributed by atoms with E-state index in [9.17, 15) is 9.59 Å². The molecule has 2 saturated heterocycles. The molecule has 6 heteroatoms. The number of para-hydroxylation sites is 1. The molecule has 2 aliphatic heterocycles. The van der Waals surface area contributed by atoms with Gasteiger partial charge in [0.1, 0.15) is 5.75 Å². The van der Waals surface area contributed by atoms with Gasteiger partial charge in [0.15, 0.2) is 0 Å². The van der Waals surface area contributed by atoms with Crippen molar-refractivity contribution in [2.24, 2.45) is 5.92 Å². The highest BCUT2D eigenvalue weighted by Crippen LogP contribution is 2.42. The van der Waals surface area contributed by atoms with E-state index < -0.39 is 0 Å². The number of carbonyl (C=O) groups is 2.